The van der Waals surface area contributed by atoms with Crippen molar-refractivity contribution >= 4 is 15.7 Å². The molecule has 0 atom stereocenters. The van der Waals surface area contributed by atoms with Gasteiger partial charge in [0, 0.05) is 12.1 Å². The molecular weight excluding hydrogens is 361 g/mol. The van der Waals surface area contributed by atoms with Gasteiger partial charge < -0.3 is 5.32 Å². The van der Waals surface area contributed by atoms with E-state index in [4.69, 9.17) is 0 Å². The van der Waals surface area contributed by atoms with Crippen molar-refractivity contribution in [2.45, 2.75) is 4.90 Å². The summed E-state index contributed by atoms with van der Waals surface area (Å²) in [6.45, 7) is -0.0981. The maximum Gasteiger partial charge on any atom is 0.252 e. The second-order valence-corrected chi connectivity index (χ2v) is 7.42. The third-order valence-corrected chi connectivity index (χ3v) is 5.32. The Morgan fingerprint density at radius 1 is 1.12 bits per heavy atom. The van der Waals surface area contributed by atoms with E-state index in [1.54, 1.807) is 24.3 Å². The van der Waals surface area contributed by atoms with Gasteiger partial charge in [-0.1, -0.05) is 18.2 Å². The molecule has 10 heteroatoms. The minimum atomic E-state index is -3.63. The van der Waals surface area contributed by atoms with Gasteiger partial charge in [-0.05, 0) is 35.5 Å². The van der Waals surface area contributed by atoms with Crippen LogP contribution in [0.2, 0.25) is 0 Å². The molecule has 0 saturated carbocycles. The average Bonchev–Trinajstić information content (AvgIpc) is 3.16. The summed E-state index contributed by atoms with van der Waals surface area (Å²) in [6, 6.07) is 11.2. The van der Waals surface area contributed by atoms with E-state index in [0.29, 0.717) is 11.1 Å². The number of tetrazole rings is 1. The van der Waals surface area contributed by atoms with Gasteiger partial charge in [0.1, 0.15) is 5.82 Å². The Kier molecular flexibility index (Phi) is 5.03. The van der Waals surface area contributed by atoms with Crippen LogP contribution in [0.1, 0.15) is 10.4 Å². The number of carbonyl (C=O) groups excluding carboxylic acids is 1. The topological polar surface area (TPSA) is 118 Å². The Morgan fingerprint density at radius 2 is 1.85 bits per heavy atom. The van der Waals surface area contributed by atoms with E-state index in [-0.39, 0.29) is 23.0 Å². The Balaban J connectivity index is 1.68. The summed E-state index contributed by atoms with van der Waals surface area (Å²) >= 11 is 0. The lowest BCUT2D eigenvalue weighted by Gasteiger charge is -2.09. The Bertz CT molecular complexity index is 1000. The summed E-state index contributed by atoms with van der Waals surface area (Å²) in [5, 5.41) is 16.0. The maximum atomic E-state index is 12.9. The molecule has 134 valence electrons. The van der Waals surface area contributed by atoms with Gasteiger partial charge in [-0.2, -0.15) is 5.21 Å². The van der Waals surface area contributed by atoms with Crippen LogP contribution in [0.5, 0.6) is 0 Å². The van der Waals surface area contributed by atoms with Gasteiger partial charge in [-0.25, -0.2) is 12.8 Å². The van der Waals surface area contributed by atoms with Crippen LogP contribution >= 0.6 is 0 Å². The van der Waals surface area contributed by atoms with Gasteiger partial charge in [-0.3, -0.25) is 4.79 Å². The van der Waals surface area contributed by atoms with Crippen molar-refractivity contribution in [3.63, 3.8) is 0 Å². The van der Waals surface area contributed by atoms with Crippen molar-refractivity contribution in [3.8, 4) is 11.4 Å². The van der Waals surface area contributed by atoms with Crippen molar-refractivity contribution < 1.29 is 17.6 Å². The first kappa shape index (κ1) is 17.7. The highest BCUT2D eigenvalue weighted by Crippen LogP contribution is 2.18. The van der Waals surface area contributed by atoms with Crippen LogP contribution in [0.25, 0.3) is 11.4 Å². The van der Waals surface area contributed by atoms with Crippen LogP contribution in [0.4, 0.5) is 4.39 Å². The smallest absolute Gasteiger partial charge is 0.252 e. The average molecular weight is 375 g/mol. The molecule has 0 saturated heterocycles. The number of sulfone groups is 1. The summed E-state index contributed by atoms with van der Waals surface area (Å²) in [5.74, 6) is -1.03. The molecule has 0 aliphatic heterocycles. The maximum absolute atomic E-state index is 12.9. The zero-order chi connectivity index (χ0) is 18.6. The number of amides is 1. The molecule has 2 N–H and O–H groups in total. The van der Waals surface area contributed by atoms with E-state index >= 15 is 0 Å². The number of benzene rings is 2. The lowest BCUT2D eigenvalue weighted by molar-refractivity contribution is 0.0956. The Labute approximate surface area is 148 Å². The third kappa shape index (κ3) is 3.91. The fourth-order valence-corrected chi connectivity index (χ4v) is 3.46. The van der Waals surface area contributed by atoms with Crippen molar-refractivity contribution in [3.05, 3.63) is 59.9 Å². The minimum absolute atomic E-state index is 0.000321. The molecule has 1 heterocycles. The molecule has 1 aromatic heterocycles. The lowest BCUT2D eigenvalue weighted by Crippen LogP contribution is -2.29. The van der Waals surface area contributed by atoms with Gasteiger partial charge in [0.2, 0.25) is 5.82 Å². The minimum Gasteiger partial charge on any atom is -0.351 e. The largest absolute Gasteiger partial charge is 0.351 e. The van der Waals surface area contributed by atoms with E-state index in [1.807, 2.05) is 0 Å². The van der Waals surface area contributed by atoms with Crippen molar-refractivity contribution in [1.29, 1.82) is 0 Å². The molecule has 2 aromatic carbocycles. The summed E-state index contributed by atoms with van der Waals surface area (Å²) in [6.07, 6.45) is 0. The zero-order valence-corrected chi connectivity index (χ0v) is 14.2. The Hall–Kier alpha value is -3.14. The number of hydrogen-bond donors (Lipinski definition) is 2. The number of nitrogens with zero attached hydrogens (tertiary/aromatic N) is 3. The summed E-state index contributed by atoms with van der Waals surface area (Å²) in [7, 11) is -3.63. The van der Waals surface area contributed by atoms with Crippen LogP contribution in [0.15, 0.2) is 53.4 Å². The first-order valence-electron chi connectivity index (χ1n) is 7.57. The van der Waals surface area contributed by atoms with E-state index in [1.165, 1.54) is 12.1 Å². The molecule has 0 radical (unpaired) electrons. The molecule has 0 fully saturated rings. The number of carbonyl (C=O) groups is 1. The van der Waals surface area contributed by atoms with Gasteiger partial charge in [0.15, 0.2) is 9.84 Å². The fraction of sp³-hybridized carbons (Fsp3) is 0.125. The first-order chi connectivity index (χ1) is 12.5. The fourth-order valence-electron chi connectivity index (χ4n) is 2.31. The quantitative estimate of drug-likeness (QED) is 0.625. The van der Waals surface area contributed by atoms with E-state index in [2.05, 4.69) is 25.9 Å². The van der Waals surface area contributed by atoms with E-state index in [0.717, 1.165) is 12.1 Å². The number of rotatable bonds is 6. The molecule has 0 unspecified atom stereocenters. The summed E-state index contributed by atoms with van der Waals surface area (Å²) in [5.41, 5.74) is 0.772. The molecule has 0 aliphatic rings. The van der Waals surface area contributed by atoms with Crippen molar-refractivity contribution in [1.82, 2.24) is 25.9 Å². The molecule has 0 spiro atoms. The molecule has 3 aromatic rings. The third-order valence-electron chi connectivity index (χ3n) is 3.59. The van der Waals surface area contributed by atoms with Crippen LogP contribution in [-0.2, 0) is 9.84 Å². The lowest BCUT2D eigenvalue weighted by atomic mass is 10.1. The predicted molar refractivity (Wildman–Crippen MR) is 90.4 cm³/mol. The molecule has 8 nitrogen and oxygen atoms in total. The number of hydrogen-bond acceptors (Lipinski definition) is 6. The SMILES string of the molecule is O=C(NCCS(=O)(=O)c1ccc(F)cc1)c1ccccc1-c1nn[nH]n1. The van der Waals surface area contributed by atoms with Gasteiger partial charge in [0.25, 0.3) is 5.91 Å². The number of H-pyrrole nitrogens is 1. The first-order valence-corrected chi connectivity index (χ1v) is 9.22. The normalized spacial score (nSPS) is 11.3. The van der Waals surface area contributed by atoms with Crippen LogP contribution in [0, 0.1) is 5.82 Å². The van der Waals surface area contributed by atoms with Gasteiger partial charge >= 0.3 is 0 Å². The molecule has 1 amide bonds. The predicted octanol–water partition coefficient (Wildman–Crippen LogP) is 1.21. The van der Waals surface area contributed by atoms with Gasteiger partial charge in [0.05, 0.1) is 16.2 Å². The number of nitrogens with one attached hydrogen (secondary N) is 2. The standard InChI is InChI=1S/C16H14FN5O3S/c17-11-5-7-12(8-6-11)26(24,25)10-9-18-16(23)14-4-2-1-3-13(14)15-19-21-22-20-15/h1-8H,9-10H2,(H,18,23)(H,19,20,21,22). The van der Waals surface area contributed by atoms with E-state index in [9.17, 15) is 17.6 Å². The summed E-state index contributed by atoms with van der Waals surface area (Å²) < 4.78 is 37.3. The molecular formula is C16H14FN5O3S. The Morgan fingerprint density at radius 3 is 2.54 bits per heavy atom. The van der Waals surface area contributed by atoms with Crippen molar-refractivity contribution in [2.24, 2.45) is 0 Å². The second-order valence-electron chi connectivity index (χ2n) is 5.31. The molecule has 26 heavy (non-hydrogen) atoms. The van der Waals surface area contributed by atoms with Crippen molar-refractivity contribution in [2.75, 3.05) is 12.3 Å². The molecule has 0 bridgehead atoms. The van der Waals surface area contributed by atoms with Crippen LogP contribution < -0.4 is 5.32 Å². The van der Waals surface area contributed by atoms with Crippen LogP contribution in [0.3, 0.4) is 0 Å². The zero-order valence-electron chi connectivity index (χ0n) is 13.4. The second kappa shape index (κ2) is 7.40. The molecule has 3 rings (SSSR count). The highest BCUT2D eigenvalue weighted by molar-refractivity contribution is 7.91. The monoisotopic (exact) mass is 375 g/mol. The number of aromatic nitrogens is 4. The van der Waals surface area contributed by atoms with E-state index < -0.39 is 21.6 Å². The van der Waals surface area contributed by atoms with Gasteiger partial charge in [-0.15, -0.1) is 10.2 Å². The number of halogens is 1. The number of aromatic amines is 1. The molecule has 0 aliphatic carbocycles. The van der Waals surface area contributed by atoms with Crippen LogP contribution in [-0.4, -0.2) is 47.2 Å². The summed E-state index contributed by atoms with van der Waals surface area (Å²) in [4.78, 5) is 12.4. The highest BCUT2D eigenvalue weighted by atomic mass is 32.2. The highest BCUT2D eigenvalue weighted by Gasteiger charge is 2.17.